The van der Waals surface area contributed by atoms with Crippen LogP contribution in [0, 0.1) is 5.82 Å². The second-order valence-electron chi connectivity index (χ2n) is 8.62. The largest absolute Gasteiger partial charge is 0.497 e. The molecule has 1 fully saturated rings. The van der Waals surface area contributed by atoms with Crippen molar-refractivity contribution in [3.8, 4) is 5.75 Å². The van der Waals surface area contributed by atoms with Crippen LogP contribution in [0.3, 0.4) is 0 Å². The van der Waals surface area contributed by atoms with Crippen molar-refractivity contribution in [1.82, 2.24) is 10.2 Å². The number of ether oxygens (including phenoxy) is 1. The first kappa shape index (κ1) is 23.1. The van der Waals surface area contributed by atoms with Gasteiger partial charge in [0.25, 0.3) is 5.91 Å². The fourth-order valence-electron chi connectivity index (χ4n) is 4.42. The molecule has 0 atom stereocenters. The van der Waals surface area contributed by atoms with E-state index in [1.807, 2.05) is 18.2 Å². The summed E-state index contributed by atoms with van der Waals surface area (Å²) in [6.07, 6.45) is 6.14. The van der Waals surface area contributed by atoms with Gasteiger partial charge in [-0.05, 0) is 60.4 Å². The SMILES string of the molecule is COc1cccc(CN(Cc2ccc(C(=O)NCc3ccc(F)cc3)o2)C2CCCCC2)c1. The second kappa shape index (κ2) is 11.1. The summed E-state index contributed by atoms with van der Waals surface area (Å²) in [4.78, 5) is 15.0. The van der Waals surface area contributed by atoms with E-state index >= 15 is 0 Å². The maximum Gasteiger partial charge on any atom is 0.287 e. The molecule has 4 rings (SSSR count). The zero-order valence-electron chi connectivity index (χ0n) is 19.1. The summed E-state index contributed by atoms with van der Waals surface area (Å²) < 4.78 is 24.4. The molecule has 0 unspecified atom stereocenters. The van der Waals surface area contributed by atoms with E-state index in [2.05, 4.69) is 22.3 Å². The van der Waals surface area contributed by atoms with Crippen LogP contribution in [0.1, 0.15) is 59.5 Å². The van der Waals surface area contributed by atoms with Gasteiger partial charge in [0, 0.05) is 19.1 Å². The molecule has 5 nitrogen and oxygen atoms in total. The van der Waals surface area contributed by atoms with E-state index in [1.165, 1.54) is 49.8 Å². The minimum Gasteiger partial charge on any atom is -0.497 e. The molecule has 33 heavy (non-hydrogen) atoms. The summed E-state index contributed by atoms with van der Waals surface area (Å²) >= 11 is 0. The van der Waals surface area contributed by atoms with Crippen molar-refractivity contribution in [3.05, 3.63) is 89.1 Å². The van der Waals surface area contributed by atoms with Crippen LogP contribution in [-0.4, -0.2) is 24.0 Å². The number of hydrogen-bond donors (Lipinski definition) is 1. The quantitative estimate of drug-likeness (QED) is 0.455. The van der Waals surface area contributed by atoms with Crippen LogP contribution in [0.15, 0.2) is 65.1 Å². The third kappa shape index (κ3) is 6.45. The van der Waals surface area contributed by atoms with Gasteiger partial charge in [0.15, 0.2) is 5.76 Å². The van der Waals surface area contributed by atoms with Gasteiger partial charge in [0.05, 0.1) is 13.7 Å². The van der Waals surface area contributed by atoms with Gasteiger partial charge in [0.1, 0.15) is 17.3 Å². The second-order valence-corrected chi connectivity index (χ2v) is 8.62. The maximum atomic E-state index is 13.1. The first-order valence-electron chi connectivity index (χ1n) is 11.6. The third-order valence-corrected chi connectivity index (χ3v) is 6.22. The minimum absolute atomic E-state index is 0.275. The first-order valence-corrected chi connectivity index (χ1v) is 11.6. The van der Waals surface area contributed by atoms with Crippen molar-refractivity contribution in [2.75, 3.05) is 7.11 Å². The molecule has 6 heteroatoms. The van der Waals surface area contributed by atoms with Crippen LogP contribution in [-0.2, 0) is 19.6 Å². The number of nitrogens with one attached hydrogen (secondary N) is 1. The van der Waals surface area contributed by atoms with Gasteiger partial charge in [-0.1, -0.05) is 43.5 Å². The lowest BCUT2D eigenvalue weighted by molar-refractivity contribution is 0.0913. The standard InChI is InChI=1S/C27H31FN2O3/c1-32-24-9-5-6-21(16-24)18-30(23-7-3-2-4-8-23)19-25-14-15-26(33-25)27(31)29-17-20-10-12-22(28)13-11-20/h5-6,9-16,23H,2-4,7-8,17-19H2,1H3,(H,29,31). The number of amides is 1. The Morgan fingerprint density at radius 1 is 1.03 bits per heavy atom. The molecule has 1 saturated carbocycles. The number of rotatable bonds is 9. The average Bonchev–Trinajstić information content (AvgIpc) is 3.32. The van der Waals surface area contributed by atoms with Crippen LogP contribution in [0.25, 0.3) is 0 Å². The first-order chi connectivity index (χ1) is 16.1. The van der Waals surface area contributed by atoms with Gasteiger partial charge < -0.3 is 14.5 Å². The van der Waals surface area contributed by atoms with Gasteiger partial charge in [-0.2, -0.15) is 0 Å². The maximum absolute atomic E-state index is 13.1. The molecule has 2 aromatic carbocycles. The molecule has 1 aromatic heterocycles. The predicted molar refractivity (Wildman–Crippen MR) is 125 cm³/mol. The molecule has 1 N–H and O–H groups in total. The van der Waals surface area contributed by atoms with Crippen LogP contribution >= 0.6 is 0 Å². The summed E-state index contributed by atoms with van der Waals surface area (Å²) in [6.45, 7) is 1.76. The lowest BCUT2D eigenvalue weighted by atomic mass is 9.93. The van der Waals surface area contributed by atoms with Crippen molar-refractivity contribution in [2.24, 2.45) is 0 Å². The molecule has 1 aliphatic carbocycles. The van der Waals surface area contributed by atoms with Gasteiger partial charge in [0.2, 0.25) is 0 Å². The number of carbonyl (C=O) groups excluding carboxylic acids is 1. The third-order valence-electron chi connectivity index (χ3n) is 6.22. The Labute approximate surface area is 194 Å². The summed E-state index contributed by atoms with van der Waals surface area (Å²) in [5.74, 6) is 1.35. The highest BCUT2D eigenvalue weighted by Crippen LogP contribution is 2.27. The average molecular weight is 451 g/mol. The number of halogens is 1. The van der Waals surface area contributed by atoms with Gasteiger partial charge in [-0.3, -0.25) is 9.69 Å². The van der Waals surface area contributed by atoms with Crippen molar-refractivity contribution in [2.45, 2.75) is 57.8 Å². The number of methoxy groups -OCH3 is 1. The Bertz CT molecular complexity index is 1040. The molecule has 174 valence electrons. The fourth-order valence-corrected chi connectivity index (χ4v) is 4.42. The molecule has 0 spiro atoms. The minimum atomic E-state index is -0.294. The Hall–Kier alpha value is -3.12. The monoisotopic (exact) mass is 450 g/mol. The highest BCUT2D eigenvalue weighted by atomic mass is 19.1. The molecule has 1 heterocycles. The smallest absolute Gasteiger partial charge is 0.287 e. The van der Waals surface area contributed by atoms with Gasteiger partial charge in [-0.15, -0.1) is 0 Å². The van der Waals surface area contributed by atoms with Crippen LogP contribution in [0.4, 0.5) is 4.39 Å². The Morgan fingerprint density at radius 3 is 2.58 bits per heavy atom. The molecule has 0 radical (unpaired) electrons. The Balaban J connectivity index is 1.41. The van der Waals surface area contributed by atoms with E-state index in [1.54, 1.807) is 25.3 Å². The Kier molecular flexibility index (Phi) is 7.79. The molecule has 0 saturated heterocycles. The summed E-state index contributed by atoms with van der Waals surface area (Å²) in [5, 5.41) is 2.83. The van der Waals surface area contributed by atoms with E-state index in [0.717, 1.165) is 23.6 Å². The molecule has 0 bridgehead atoms. The zero-order valence-corrected chi connectivity index (χ0v) is 19.1. The number of nitrogens with zero attached hydrogens (tertiary/aromatic N) is 1. The number of furan rings is 1. The molecule has 1 amide bonds. The van der Waals surface area contributed by atoms with E-state index in [-0.39, 0.29) is 17.5 Å². The zero-order chi connectivity index (χ0) is 23.0. The summed E-state index contributed by atoms with van der Waals surface area (Å²) in [5.41, 5.74) is 2.03. The molecular formula is C27H31FN2O3. The molecule has 1 aliphatic rings. The Morgan fingerprint density at radius 2 is 1.82 bits per heavy atom. The van der Waals surface area contributed by atoms with Crippen molar-refractivity contribution < 1.29 is 18.3 Å². The summed E-state index contributed by atoms with van der Waals surface area (Å²) in [6, 6.07) is 18.3. The molecule has 0 aliphatic heterocycles. The van der Waals surface area contributed by atoms with Crippen molar-refractivity contribution >= 4 is 5.91 Å². The van der Waals surface area contributed by atoms with E-state index < -0.39 is 0 Å². The predicted octanol–water partition coefficient (Wildman–Crippen LogP) is 5.69. The van der Waals surface area contributed by atoms with Crippen LogP contribution in [0.5, 0.6) is 5.75 Å². The fraction of sp³-hybridized carbons (Fsp3) is 0.370. The lowest BCUT2D eigenvalue weighted by Crippen LogP contribution is -2.35. The highest BCUT2D eigenvalue weighted by Gasteiger charge is 2.23. The highest BCUT2D eigenvalue weighted by molar-refractivity contribution is 5.91. The topological polar surface area (TPSA) is 54.7 Å². The van der Waals surface area contributed by atoms with Crippen molar-refractivity contribution in [3.63, 3.8) is 0 Å². The van der Waals surface area contributed by atoms with E-state index in [0.29, 0.717) is 19.1 Å². The van der Waals surface area contributed by atoms with Crippen LogP contribution < -0.4 is 10.1 Å². The van der Waals surface area contributed by atoms with Gasteiger partial charge >= 0.3 is 0 Å². The number of carbonyl (C=O) groups is 1. The molecule has 3 aromatic rings. The summed E-state index contributed by atoms with van der Waals surface area (Å²) in [7, 11) is 1.68. The van der Waals surface area contributed by atoms with Crippen LogP contribution in [0.2, 0.25) is 0 Å². The molecular weight excluding hydrogens is 419 g/mol. The lowest BCUT2D eigenvalue weighted by Gasteiger charge is -2.34. The van der Waals surface area contributed by atoms with E-state index in [9.17, 15) is 9.18 Å². The number of hydrogen-bond acceptors (Lipinski definition) is 4. The van der Waals surface area contributed by atoms with Crippen molar-refractivity contribution in [1.29, 1.82) is 0 Å². The number of benzene rings is 2. The normalized spacial score (nSPS) is 14.4. The van der Waals surface area contributed by atoms with E-state index in [4.69, 9.17) is 9.15 Å². The van der Waals surface area contributed by atoms with Gasteiger partial charge in [-0.25, -0.2) is 4.39 Å².